The molecule has 4 heteroatoms. The fourth-order valence-electron chi connectivity index (χ4n) is 1.82. The summed E-state index contributed by atoms with van der Waals surface area (Å²) in [6.07, 6.45) is 5.12. The molecule has 1 heterocycles. The van der Waals surface area contributed by atoms with Crippen molar-refractivity contribution in [1.82, 2.24) is 10.3 Å². The molecule has 0 unspecified atom stereocenters. The van der Waals surface area contributed by atoms with Crippen LogP contribution in [0.3, 0.4) is 0 Å². The van der Waals surface area contributed by atoms with E-state index in [1.165, 1.54) is 0 Å². The second-order valence-electron chi connectivity index (χ2n) is 4.13. The van der Waals surface area contributed by atoms with Gasteiger partial charge in [0, 0.05) is 10.9 Å². The first-order chi connectivity index (χ1) is 8.70. The standard InChI is InChI=1S/C14H16N2O2/c1-15-7-3-2-4-10-5-6-12-11(8-10)9-13(16-12)14(17)18/h2,4-6,8-9,15-16H,3,7H2,1H3,(H,17,18). The Morgan fingerprint density at radius 3 is 3.00 bits per heavy atom. The molecule has 0 bridgehead atoms. The van der Waals surface area contributed by atoms with Crippen LogP contribution in [0.4, 0.5) is 0 Å². The van der Waals surface area contributed by atoms with E-state index >= 15 is 0 Å². The molecule has 0 radical (unpaired) electrons. The molecule has 4 nitrogen and oxygen atoms in total. The van der Waals surface area contributed by atoms with Gasteiger partial charge in [-0.2, -0.15) is 0 Å². The molecule has 1 aromatic heterocycles. The number of carboxylic acid groups (broad SMARTS) is 1. The topological polar surface area (TPSA) is 65.1 Å². The van der Waals surface area contributed by atoms with Crippen LogP contribution in [0, 0.1) is 0 Å². The van der Waals surface area contributed by atoms with Crippen LogP contribution in [0.15, 0.2) is 30.3 Å². The van der Waals surface area contributed by atoms with Gasteiger partial charge in [-0.15, -0.1) is 0 Å². The Kier molecular flexibility index (Phi) is 3.79. The molecular formula is C14H16N2O2. The van der Waals surface area contributed by atoms with Crippen molar-refractivity contribution in [3.63, 3.8) is 0 Å². The molecular weight excluding hydrogens is 228 g/mol. The molecule has 0 saturated carbocycles. The monoisotopic (exact) mass is 244 g/mol. The van der Waals surface area contributed by atoms with Crippen molar-refractivity contribution in [3.05, 3.63) is 41.6 Å². The minimum absolute atomic E-state index is 0.223. The minimum atomic E-state index is -0.933. The maximum atomic E-state index is 10.8. The summed E-state index contributed by atoms with van der Waals surface area (Å²) in [4.78, 5) is 13.7. The van der Waals surface area contributed by atoms with Crippen LogP contribution in [-0.4, -0.2) is 29.7 Å². The van der Waals surface area contributed by atoms with E-state index in [-0.39, 0.29) is 5.69 Å². The highest BCUT2D eigenvalue weighted by Gasteiger charge is 2.06. The quantitative estimate of drug-likeness (QED) is 0.708. The molecule has 2 rings (SSSR count). The Labute approximate surface area is 105 Å². The molecule has 0 atom stereocenters. The zero-order valence-electron chi connectivity index (χ0n) is 10.2. The van der Waals surface area contributed by atoms with E-state index in [0.717, 1.165) is 29.4 Å². The van der Waals surface area contributed by atoms with E-state index < -0.39 is 5.97 Å². The van der Waals surface area contributed by atoms with Crippen LogP contribution in [0.2, 0.25) is 0 Å². The summed E-state index contributed by atoms with van der Waals surface area (Å²) in [5.74, 6) is -0.933. The molecule has 3 N–H and O–H groups in total. The Balaban J connectivity index is 2.21. The van der Waals surface area contributed by atoms with Crippen LogP contribution in [0.25, 0.3) is 17.0 Å². The number of hydrogen-bond acceptors (Lipinski definition) is 2. The second kappa shape index (κ2) is 5.51. The largest absolute Gasteiger partial charge is 0.477 e. The molecule has 1 aromatic carbocycles. The van der Waals surface area contributed by atoms with E-state index in [9.17, 15) is 4.79 Å². The Hall–Kier alpha value is -2.07. The summed E-state index contributed by atoms with van der Waals surface area (Å²) >= 11 is 0. The second-order valence-corrected chi connectivity index (χ2v) is 4.13. The molecule has 2 aromatic rings. The predicted octanol–water partition coefficient (Wildman–Crippen LogP) is 2.49. The molecule has 94 valence electrons. The molecule has 18 heavy (non-hydrogen) atoms. The van der Waals surface area contributed by atoms with Crippen molar-refractivity contribution in [3.8, 4) is 0 Å². The summed E-state index contributed by atoms with van der Waals surface area (Å²) < 4.78 is 0. The summed E-state index contributed by atoms with van der Waals surface area (Å²) in [6, 6.07) is 7.51. The highest BCUT2D eigenvalue weighted by atomic mass is 16.4. The zero-order valence-corrected chi connectivity index (χ0v) is 10.2. The molecule has 0 aliphatic rings. The average Bonchev–Trinajstić information content (AvgIpc) is 2.78. The Morgan fingerprint density at radius 2 is 2.28 bits per heavy atom. The van der Waals surface area contributed by atoms with Crippen molar-refractivity contribution in [2.45, 2.75) is 6.42 Å². The van der Waals surface area contributed by atoms with Crippen molar-refractivity contribution in [2.24, 2.45) is 0 Å². The van der Waals surface area contributed by atoms with Crippen molar-refractivity contribution >= 4 is 22.9 Å². The van der Waals surface area contributed by atoms with E-state index in [2.05, 4.69) is 16.4 Å². The first kappa shape index (κ1) is 12.4. The van der Waals surface area contributed by atoms with E-state index in [1.807, 2.05) is 31.3 Å². The molecule has 0 aliphatic heterocycles. The van der Waals surface area contributed by atoms with Gasteiger partial charge in [-0.1, -0.05) is 18.2 Å². The number of nitrogens with one attached hydrogen (secondary N) is 2. The lowest BCUT2D eigenvalue weighted by atomic mass is 10.1. The normalized spacial score (nSPS) is 11.4. The van der Waals surface area contributed by atoms with E-state index in [4.69, 9.17) is 5.11 Å². The lowest BCUT2D eigenvalue weighted by molar-refractivity contribution is 0.0691. The lowest BCUT2D eigenvalue weighted by Crippen LogP contribution is -2.05. The third kappa shape index (κ3) is 2.78. The van der Waals surface area contributed by atoms with Gasteiger partial charge in [-0.25, -0.2) is 4.79 Å². The maximum Gasteiger partial charge on any atom is 0.352 e. The van der Waals surface area contributed by atoms with Crippen molar-refractivity contribution in [2.75, 3.05) is 13.6 Å². The number of aromatic amines is 1. The van der Waals surface area contributed by atoms with Crippen molar-refractivity contribution in [1.29, 1.82) is 0 Å². The molecule has 0 fully saturated rings. The van der Waals surface area contributed by atoms with Gasteiger partial charge in [0.05, 0.1) is 0 Å². The number of benzene rings is 1. The number of aromatic carboxylic acids is 1. The van der Waals surface area contributed by atoms with Gasteiger partial charge in [-0.3, -0.25) is 0 Å². The van der Waals surface area contributed by atoms with Gasteiger partial charge in [-0.05, 0) is 43.8 Å². The van der Waals surface area contributed by atoms with Gasteiger partial charge < -0.3 is 15.4 Å². The zero-order chi connectivity index (χ0) is 13.0. The minimum Gasteiger partial charge on any atom is -0.477 e. The van der Waals surface area contributed by atoms with Crippen LogP contribution < -0.4 is 5.32 Å². The first-order valence-electron chi connectivity index (χ1n) is 5.88. The Morgan fingerprint density at radius 1 is 1.44 bits per heavy atom. The number of aromatic nitrogens is 1. The van der Waals surface area contributed by atoms with Gasteiger partial charge in [0.15, 0.2) is 0 Å². The van der Waals surface area contributed by atoms with E-state index in [1.54, 1.807) is 6.07 Å². The number of carboxylic acids is 1. The van der Waals surface area contributed by atoms with Crippen molar-refractivity contribution < 1.29 is 9.90 Å². The van der Waals surface area contributed by atoms with E-state index in [0.29, 0.717) is 0 Å². The summed E-state index contributed by atoms with van der Waals surface area (Å²) in [5.41, 5.74) is 2.15. The highest BCUT2D eigenvalue weighted by Crippen LogP contribution is 2.18. The van der Waals surface area contributed by atoms with Crippen LogP contribution >= 0.6 is 0 Å². The molecule has 0 spiro atoms. The summed E-state index contributed by atoms with van der Waals surface area (Å²) in [5, 5.41) is 12.9. The number of hydrogen-bond donors (Lipinski definition) is 3. The molecule has 0 aliphatic carbocycles. The first-order valence-corrected chi connectivity index (χ1v) is 5.88. The molecule has 0 saturated heterocycles. The smallest absolute Gasteiger partial charge is 0.352 e. The highest BCUT2D eigenvalue weighted by molar-refractivity contribution is 5.94. The van der Waals surface area contributed by atoms with Gasteiger partial charge in [0.2, 0.25) is 0 Å². The Bertz CT molecular complexity index is 584. The fraction of sp³-hybridized carbons (Fsp3) is 0.214. The van der Waals surface area contributed by atoms with Crippen LogP contribution in [0.5, 0.6) is 0 Å². The third-order valence-electron chi connectivity index (χ3n) is 2.75. The number of rotatable bonds is 5. The lowest BCUT2D eigenvalue weighted by Gasteiger charge is -1.95. The SMILES string of the molecule is CNCCC=Cc1ccc2[nH]c(C(=O)O)cc2c1. The third-order valence-corrected chi connectivity index (χ3v) is 2.75. The number of carbonyl (C=O) groups is 1. The number of fused-ring (bicyclic) bond motifs is 1. The average molecular weight is 244 g/mol. The number of H-pyrrole nitrogens is 1. The van der Waals surface area contributed by atoms with Crippen LogP contribution in [-0.2, 0) is 0 Å². The van der Waals surface area contributed by atoms with Gasteiger partial charge >= 0.3 is 5.97 Å². The summed E-state index contributed by atoms with van der Waals surface area (Å²) in [7, 11) is 1.92. The fourth-order valence-corrected chi connectivity index (χ4v) is 1.82. The van der Waals surface area contributed by atoms with Gasteiger partial charge in [0.1, 0.15) is 5.69 Å². The predicted molar refractivity (Wildman–Crippen MR) is 72.8 cm³/mol. The van der Waals surface area contributed by atoms with Crippen LogP contribution in [0.1, 0.15) is 22.5 Å². The maximum absolute atomic E-state index is 10.8. The summed E-state index contributed by atoms with van der Waals surface area (Å²) in [6.45, 7) is 0.950. The molecule has 0 amide bonds. The van der Waals surface area contributed by atoms with Gasteiger partial charge in [0.25, 0.3) is 0 Å².